The first-order chi connectivity index (χ1) is 6.91. The lowest BCUT2D eigenvalue weighted by Gasteiger charge is -2.08. The second-order valence-electron chi connectivity index (χ2n) is 3.81. The first-order valence-electron chi connectivity index (χ1n) is 4.73. The Morgan fingerprint density at radius 1 is 1.53 bits per heavy atom. The van der Waals surface area contributed by atoms with Crippen LogP contribution in [0.4, 0.5) is 0 Å². The SMILES string of the molecule is C=C(CNCC1CCS(=O)(=O)C1)C(=O)O. The highest BCUT2D eigenvalue weighted by Crippen LogP contribution is 2.17. The van der Waals surface area contributed by atoms with Crippen LogP contribution >= 0.6 is 0 Å². The highest BCUT2D eigenvalue weighted by molar-refractivity contribution is 7.91. The van der Waals surface area contributed by atoms with E-state index < -0.39 is 15.8 Å². The molecule has 1 saturated heterocycles. The molecule has 6 heteroatoms. The zero-order valence-electron chi connectivity index (χ0n) is 8.40. The molecule has 1 aliphatic rings. The van der Waals surface area contributed by atoms with E-state index in [-0.39, 0.29) is 29.5 Å². The van der Waals surface area contributed by atoms with Gasteiger partial charge in [0.1, 0.15) is 0 Å². The number of carbonyl (C=O) groups is 1. The molecule has 1 rings (SSSR count). The number of nitrogens with one attached hydrogen (secondary N) is 1. The molecule has 0 aromatic carbocycles. The van der Waals surface area contributed by atoms with Crippen LogP contribution in [0.1, 0.15) is 6.42 Å². The summed E-state index contributed by atoms with van der Waals surface area (Å²) in [5.74, 6) is -0.461. The highest BCUT2D eigenvalue weighted by Gasteiger charge is 2.27. The van der Waals surface area contributed by atoms with Gasteiger partial charge < -0.3 is 10.4 Å². The minimum Gasteiger partial charge on any atom is -0.478 e. The minimum atomic E-state index is -2.84. The smallest absolute Gasteiger partial charge is 0.332 e. The number of carboxylic acids is 1. The van der Waals surface area contributed by atoms with Gasteiger partial charge in [0.25, 0.3) is 0 Å². The summed E-state index contributed by atoms with van der Waals surface area (Å²) < 4.78 is 22.2. The van der Waals surface area contributed by atoms with Gasteiger partial charge in [0.05, 0.1) is 11.5 Å². The van der Waals surface area contributed by atoms with Crippen LogP contribution in [0, 0.1) is 5.92 Å². The summed E-state index contributed by atoms with van der Waals surface area (Å²) in [6.45, 7) is 4.10. The van der Waals surface area contributed by atoms with Crippen molar-refractivity contribution < 1.29 is 18.3 Å². The monoisotopic (exact) mass is 233 g/mol. The topological polar surface area (TPSA) is 83.5 Å². The molecular formula is C9H15NO4S. The van der Waals surface area contributed by atoms with Crippen molar-refractivity contribution in [3.63, 3.8) is 0 Å². The molecule has 0 aromatic heterocycles. The number of sulfone groups is 1. The van der Waals surface area contributed by atoms with Gasteiger partial charge in [-0.25, -0.2) is 13.2 Å². The third-order valence-corrected chi connectivity index (χ3v) is 4.24. The summed E-state index contributed by atoms with van der Waals surface area (Å²) in [7, 11) is -2.84. The standard InChI is InChI=1S/C9H15NO4S/c1-7(9(11)12)4-10-5-8-2-3-15(13,14)6-8/h8,10H,1-6H2,(H,11,12). The Morgan fingerprint density at radius 2 is 2.20 bits per heavy atom. The predicted molar refractivity (Wildman–Crippen MR) is 56.4 cm³/mol. The van der Waals surface area contributed by atoms with Crippen LogP contribution in [0.2, 0.25) is 0 Å². The fourth-order valence-electron chi connectivity index (χ4n) is 1.54. The fraction of sp³-hybridized carbons (Fsp3) is 0.667. The van der Waals surface area contributed by atoms with Crippen molar-refractivity contribution in [3.8, 4) is 0 Å². The maximum atomic E-state index is 11.1. The second kappa shape index (κ2) is 4.76. The highest BCUT2D eigenvalue weighted by atomic mass is 32.2. The minimum absolute atomic E-state index is 0.0934. The van der Waals surface area contributed by atoms with Gasteiger partial charge in [-0.1, -0.05) is 6.58 Å². The van der Waals surface area contributed by atoms with Crippen molar-refractivity contribution >= 4 is 15.8 Å². The second-order valence-corrected chi connectivity index (χ2v) is 6.04. The summed E-state index contributed by atoms with van der Waals surface area (Å²) in [5.41, 5.74) is 0.0934. The van der Waals surface area contributed by atoms with E-state index in [0.717, 1.165) is 0 Å². The van der Waals surface area contributed by atoms with Crippen LogP contribution in [0.25, 0.3) is 0 Å². The predicted octanol–water partition coefficient (Wildman–Crippen LogP) is -0.349. The molecule has 1 aliphatic heterocycles. The molecule has 1 fully saturated rings. The Hall–Kier alpha value is -0.880. The summed E-state index contributed by atoms with van der Waals surface area (Å²) >= 11 is 0. The summed E-state index contributed by atoms with van der Waals surface area (Å²) in [4.78, 5) is 10.4. The molecule has 0 aliphatic carbocycles. The molecule has 1 atom stereocenters. The third kappa shape index (κ3) is 4.01. The quantitative estimate of drug-likeness (QED) is 0.634. The van der Waals surface area contributed by atoms with Gasteiger partial charge in [0.2, 0.25) is 0 Å². The van der Waals surface area contributed by atoms with E-state index in [1.54, 1.807) is 0 Å². The van der Waals surface area contributed by atoms with Crippen molar-refractivity contribution in [3.05, 3.63) is 12.2 Å². The Balaban J connectivity index is 2.23. The number of hydrogen-bond donors (Lipinski definition) is 2. The Morgan fingerprint density at radius 3 is 2.67 bits per heavy atom. The lowest BCUT2D eigenvalue weighted by atomic mass is 10.1. The van der Waals surface area contributed by atoms with Crippen LogP contribution in [0.15, 0.2) is 12.2 Å². The molecule has 5 nitrogen and oxygen atoms in total. The van der Waals surface area contributed by atoms with Gasteiger partial charge in [-0.15, -0.1) is 0 Å². The summed E-state index contributed by atoms with van der Waals surface area (Å²) in [6, 6.07) is 0. The number of hydrogen-bond acceptors (Lipinski definition) is 4. The average molecular weight is 233 g/mol. The van der Waals surface area contributed by atoms with Gasteiger partial charge in [-0.2, -0.15) is 0 Å². The molecule has 1 heterocycles. The molecule has 2 N–H and O–H groups in total. The van der Waals surface area contributed by atoms with Gasteiger partial charge in [-0.05, 0) is 18.9 Å². The summed E-state index contributed by atoms with van der Waals surface area (Å²) in [5, 5.41) is 11.4. The van der Waals surface area contributed by atoms with E-state index in [9.17, 15) is 13.2 Å². The molecular weight excluding hydrogens is 218 g/mol. The fourth-order valence-corrected chi connectivity index (χ4v) is 3.40. The van der Waals surface area contributed by atoms with Gasteiger partial charge in [-0.3, -0.25) is 0 Å². The lowest BCUT2D eigenvalue weighted by Crippen LogP contribution is -2.27. The van der Waals surface area contributed by atoms with Crippen molar-refractivity contribution in [2.24, 2.45) is 5.92 Å². The number of rotatable bonds is 5. The number of carboxylic acid groups (broad SMARTS) is 1. The van der Waals surface area contributed by atoms with Gasteiger partial charge >= 0.3 is 5.97 Å². The maximum absolute atomic E-state index is 11.1. The largest absolute Gasteiger partial charge is 0.478 e. The third-order valence-electron chi connectivity index (χ3n) is 2.40. The molecule has 0 radical (unpaired) electrons. The van der Waals surface area contributed by atoms with E-state index in [0.29, 0.717) is 13.0 Å². The Labute approximate surface area is 89.1 Å². The van der Waals surface area contributed by atoms with Crippen molar-refractivity contribution in [1.82, 2.24) is 5.32 Å². The molecule has 0 aromatic rings. The van der Waals surface area contributed by atoms with E-state index >= 15 is 0 Å². The molecule has 15 heavy (non-hydrogen) atoms. The van der Waals surface area contributed by atoms with E-state index in [2.05, 4.69) is 11.9 Å². The molecule has 86 valence electrons. The van der Waals surface area contributed by atoms with Gasteiger partial charge in [0, 0.05) is 12.1 Å². The molecule has 0 bridgehead atoms. The van der Waals surface area contributed by atoms with Crippen molar-refractivity contribution in [2.45, 2.75) is 6.42 Å². The van der Waals surface area contributed by atoms with Crippen LogP contribution in [0.3, 0.4) is 0 Å². The normalized spacial score (nSPS) is 23.9. The first-order valence-corrected chi connectivity index (χ1v) is 6.55. The molecule has 0 spiro atoms. The van der Waals surface area contributed by atoms with E-state index in [1.807, 2.05) is 0 Å². The van der Waals surface area contributed by atoms with Crippen molar-refractivity contribution in [2.75, 3.05) is 24.6 Å². The lowest BCUT2D eigenvalue weighted by molar-refractivity contribution is -0.132. The van der Waals surface area contributed by atoms with E-state index in [4.69, 9.17) is 5.11 Å². The molecule has 0 saturated carbocycles. The first kappa shape index (κ1) is 12.2. The van der Waals surface area contributed by atoms with Crippen LogP contribution in [0.5, 0.6) is 0 Å². The van der Waals surface area contributed by atoms with Gasteiger partial charge in [0.15, 0.2) is 9.84 Å². The zero-order valence-corrected chi connectivity index (χ0v) is 9.22. The van der Waals surface area contributed by atoms with Crippen molar-refractivity contribution in [1.29, 1.82) is 0 Å². The summed E-state index contributed by atoms with van der Waals surface area (Å²) in [6.07, 6.45) is 0.662. The van der Waals surface area contributed by atoms with Crippen LogP contribution in [-0.4, -0.2) is 44.1 Å². The number of aliphatic carboxylic acids is 1. The molecule has 0 amide bonds. The zero-order chi connectivity index (χ0) is 11.5. The van der Waals surface area contributed by atoms with Crippen LogP contribution in [-0.2, 0) is 14.6 Å². The Kier molecular flexibility index (Phi) is 3.87. The molecule has 1 unspecified atom stereocenters. The maximum Gasteiger partial charge on any atom is 0.332 e. The van der Waals surface area contributed by atoms with E-state index in [1.165, 1.54) is 0 Å². The Bertz CT molecular complexity index is 360. The van der Waals surface area contributed by atoms with Crippen LogP contribution < -0.4 is 5.32 Å². The average Bonchev–Trinajstić information content (AvgIpc) is 2.45.